The van der Waals surface area contributed by atoms with Gasteiger partial charge in [-0.2, -0.15) is 0 Å². The Balaban J connectivity index is 1.71. The van der Waals surface area contributed by atoms with E-state index in [1.54, 1.807) is 24.3 Å². The maximum Gasteiger partial charge on any atom is 0.487 e. The van der Waals surface area contributed by atoms with Crippen molar-refractivity contribution in [1.29, 1.82) is 0 Å². The summed E-state index contributed by atoms with van der Waals surface area (Å²) in [6.07, 6.45) is 0.00625. The van der Waals surface area contributed by atoms with Crippen molar-refractivity contribution in [3.8, 4) is 11.5 Å². The van der Waals surface area contributed by atoms with Gasteiger partial charge in [-0.3, -0.25) is 14.5 Å². The number of ether oxygens (including phenoxy) is 2. The van der Waals surface area contributed by atoms with Crippen LogP contribution in [0.5, 0.6) is 11.5 Å². The minimum atomic E-state index is -3.83. The zero-order valence-corrected chi connectivity index (χ0v) is 19.5. The predicted molar refractivity (Wildman–Crippen MR) is 125 cm³/mol. The van der Waals surface area contributed by atoms with E-state index in [4.69, 9.17) is 16.3 Å². The number of amidine groups is 1. The van der Waals surface area contributed by atoms with Gasteiger partial charge in [-0.15, -0.1) is 8.78 Å². The molecule has 7 nitrogen and oxygen atoms in total. The smallest absolute Gasteiger partial charge is 0.487 e. The Kier molecular flexibility index (Phi) is 8.15. The molecule has 0 radical (unpaired) electrons. The van der Waals surface area contributed by atoms with Crippen LogP contribution in [0.3, 0.4) is 0 Å². The third-order valence-corrected chi connectivity index (χ3v) is 5.74. The summed E-state index contributed by atoms with van der Waals surface area (Å²) in [6, 6.07) is 12.4. The molecule has 2 amide bonds. The number of benzene rings is 2. The van der Waals surface area contributed by atoms with Gasteiger partial charge in [0.1, 0.15) is 16.7 Å². The number of amides is 2. The van der Waals surface area contributed by atoms with Crippen LogP contribution in [0.15, 0.2) is 53.5 Å². The Morgan fingerprint density at radius 3 is 2.39 bits per heavy atom. The van der Waals surface area contributed by atoms with Crippen molar-refractivity contribution in [2.24, 2.45) is 4.99 Å². The maximum atomic E-state index is 12.8. The normalized spacial score (nSPS) is 17.7. The molecule has 0 unspecified atom stereocenters. The Labute approximate surface area is 199 Å². The predicted octanol–water partition coefficient (Wildman–Crippen LogP) is 5.23. The topological polar surface area (TPSA) is 80.2 Å². The van der Waals surface area contributed by atoms with Gasteiger partial charge in [0.25, 0.3) is 0 Å². The number of hydrogen-bond donors (Lipinski definition) is 1. The van der Waals surface area contributed by atoms with Crippen LogP contribution < -0.4 is 14.8 Å². The molecule has 2 aromatic rings. The van der Waals surface area contributed by atoms with Gasteiger partial charge in [0.15, 0.2) is 5.17 Å². The summed E-state index contributed by atoms with van der Waals surface area (Å²) in [6.45, 7) is 4.69. The number of rotatable bonds is 8. The third-order valence-electron chi connectivity index (χ3n) is 4.48. The molecule has 1 N–H and O–H groups in total. The molecule has 0 aromatic heterocycles. The number of aliphatic imine (C=N–C) groups is 1. The Morgan fingerprint density at radius 1 is 1.18 bits per heavy atom. The number of alkyl halides is 3. The van der Waals surface area contributed by atoms with E-state index in [1.807, 2.05) is 13.8 Å². The summed E-state index contributed by atoms with van der Waals surface area (Å²) in [5, 5.41) is 2.40. The van der Waals surface area contributed by atoms with Crippen molar-refractivity contribution < 1.29 is 27.8 Å². The molecule has 0 bridgehead atoms. The lowest BCUT2D eigenvalue weighted by atomic mass is 10.2. The van der Waals surface area contributed by atoms with E-state index in [9.17, 15) is 18.4 Å². The Morgan fingerprint density at radius 2 is 1.82 bits per heavy atom. The first-order chi connectivity index (χ1) is 15.7. The highest BCUT2D eigenvalue weighted by atomic mass is 35.5. The molecule has 1 heterocycles. The molecule has 0 saturated carbocycles. The summed E-state index contributed by atoms with van der Waals surface area (Å²) in [5.41, 5.74) is -2.84. The molecule has 1 saturated heterocycles. The number of anilines is 1. The molecule has 1 aliphatic heterocycles. The highest BCUT2D eigenvalue weighted by Crippen LogP contribution is 2.31. The molecule has 1 fully saturated rings. The highest BCUT2D eigenvalue weighted by Gasteiger charge is 2.35. The van der Waals surface area contributed by atoms with E-state index < -0.39 is 16.7 Å². The van der Waals surface area contributed by atoms with E-state index in [0.29, 0.717) is 35.4 Å². The lowest BCUT2D eigenvalue weighted by Gasteiger charge is -2.30. The van der Waals surface area contributed by atoms with Crippen LogP contribution in [0.1, 0.15) is 20.3 Å². The number of carbonyl (C=O) groups is 2. The van der Waals surface area contributed by atoms with E-state index in [2.05, 4.69) is 15.0 Å². The summed E-state index contributed by atoms with van der Waals surface area (Å²) in [5.74, 6) is -0.0581. The number of nitrogens with one attached hydrogen (secondary N) is 1. The van der Waals surface area contributed by atoms with Crippen LogP contribution in [-0.4, -0.2) is 45.9 Å². The van der Waals surface area contributed by atoms with E-state index in [-0.39, 0.29) is 18.1 Å². The fraction of sp³-hybridized carbons (Fsp3) is 0.318. The number of nitrogens with zero attached hydrogens (tertiary/aromatic N) is 2. The number of carbonyl (C=O) groups excluding carboxylic acids is 2. The number of hydrogen-bond acceptors (Lipinski definition) is 6. The third kappa shape index (κ3) is 7.06. The van der Waals surface area contributed by atoms with Gasteiger partial charge >= 0.3 is 5.57 Å². The lowest BCUT2D eigenvalue weighted by Crippen LogP contribution is -2.45. The molecule has 2 aromatic carbocycles. The van der Waals surface area contributed by atoms with Crippen LogP contribution in [0, 0.1) is 0 Å². The Bertz CT molecular complexity index is 1010. The largest absolute Gasteiger partial charge is 0.494 e. The second-order valence-corrected chi connectivity index (χ2v) is 8.44. The van der Waals surface area contributed by atoms with Gasteiger partial charge < -0.3 is 14.8 Å². The minimum absolute atomic E-state index is 0.00625. The number of thioether (sulfide) groups is 1. The minimum Gasteiger partial charge on any atom is -0.494 e. The molecule has 1 aliphatic rings. The average molecular weight is 498 g/mol. The fourth-order valence-electron chi connectivity index (χ4n) is 3.01. The van der Waals surface area contributed by atoms with Crippen LogP contribution >= 0.6 is 23.4 Å². The van der Waals surface area contributed by atoms with Crippen molar-refractivity contribution in [2.75, 3.05) is 18.5 Å². The molecular weight excluding hydrogens is 476 g/mol. The van der Waals surface area contributed by atoms with Crippen molar-refractivity contribution >= 4 is 51.7 Å². The van der Waals surface area contributed by atoms with E-state index in [1.165, 1.54) is 40.9 Å². The van der Waals surface area contributed by atoms with Crippen molar-refractivity contribution in [3.63, 3.8) is 0 Å². The molecule has 176 valence electrons. The SMILES string of the molecule is CCOc1ccc(N=C2S[C@H](C(=O)Nc3ccc(OC(F)(F)Cl)cc3)CC(=O)N2CC)cc1. The zero-order chi connectivity index (χ0) is 24.0. The van der Waals surface area contributed by atoms with Crippen LogP contribution in [0.2, 0.25) is 0 Å². The van der Waals surface area contributed by atoms with Crippen LogP contribution in [0.25, 0.3) is 0 Å². The molecule has 1 atom stereocenters. The quantitative estimate of drug-likeness (QED) is 0.505. The van der Waals surface area contributed by atoms with Gasteiger partial charge in [0.05, 0.1) is 12.3 Å². The van der Waals surface area contributed by atoms with E-state index in [0.717, 1.165) is 0 Å². The maximum absolute atomic E-state index is 12.8. The van der Waals surface area contributed by atoms with Crippen molar-refractivity contribution in [2.45, 2.75) is 31.1 Å². The lowest BCUT2D eigenvalue weighted by molar-refractivity contribution is -0.129. The zero-order valence-electron chi connectivity index (χ0n) is 17.9. The fourth-order valence-corrected chi connectivity index (χ4v) is 4.26. The second kappa shape index (κ2) is 10.8. The first-order valence-corrected chi connectivity index (χ1v) is 11.4. The van der Waals surface area contributed by atoms with Gasteiger partial charge in [-0.1, -0.05) is 11.8 Å². The molecule has 11 heteroatoms. The average Bonchev–Trinajstić information content (AvgIpc) is 2.75. The monoisotopic (exact) mass is 497 g/mol. The summed E-state index contributed by atoms with van der Waals surface area (Å²) < 4.78 is 35.1. The summed E-state index contributed by atoms with van der Waals surface area (Å²) >= 11 is 5.93. The molecule has 0 aliphatic carbocycles. The van der Waals surface area contributed by atoms with Crippen molar-refractivity contribution in [3.05, 3.63) is 48.5 Å². The summed E-state index contributed by atoms with van der Waals surface area (Å²) in [4.78, 5) is 31.5. The molecule has 33 heavy (non-hydrogen) atoms. The van der Waals surface area contributed by atoms with Crippen LogP contribution in [-0.2, 0) is 9.59 Å². The van der Waals surface area contributed by atoms with Gasteiger partial charge in [-0.25, -0.2) is 4.99 Å². The van der Waals surface area contributed by atoms with Crippen molar-refractivity contribution in [1.82, 2.24) is 4.90 Å². The first-order valence-electron chi connectivity index (χ1n) is 10.1. The highest BCUT2D eigenvalue weighted by molar-refractivity contribution is 8.15. The van der Waals surface area contributed by atoms with Gasteiger partial charge in [0, 0.05) is 30.3 Å². The van der Waals surface area contributed by atoms with Crippen LogP contribution in [0.4, 0.5) is 20.2 Å². The molecular formula is C22H22ClF2N3O4S. The first kappa shape index (κ1) is 24.8. The van der Waals surface area contributed by atoms with Gasteiger partial charge in [-0.05, 0) is 62.4 Å². The number of halogens is 3. The Hall–Kier alpha value is -2.85. The van der Waals surface area contributed by atoms with Gasteiger partial charge in [0.2, 0.25) is 11.8 Å². The molecule has 0 spiro atoms. The molecule has 3 rings (SSSR count). The second-order valence-electron chi connectivity index (χ2n) is 6.83. The van der Waals surface area contributed by atoms with E-state index >= 15 is 0 Å². The standard InChI is InChI=1S/C22H22ClF2N3O4S/c1-3-28-19(29)13-18(33-21(28)27-15-5-9-16(10-6-15)31-4-2)20(30)26-14-7-11-17(12-8-14)32-22(23,24)25/h5-12,18H,3-4,13H2,1-2H3,(H,26,30)/t18-/m0/s1. The summed E-state index contributed by atoms with van der Waals surface area (Å²) in [7, 11) is 0.